The molecule has 0 amide bonds. The standard InChI is InChI=1S/C15H24N2S/c1-2-4-11-7-9-15(16,10-8-11)14-17-12-5-3-6-13(12)18-14/h11H,2-10,16H2,1H3. The summed E-state index contributed by atoms with van der Waals surface area (Å²) in [6, 6.07) is 0. The minimum Gasteiger partial charge on any atom is -0.319 e. The molecular formula is C15H24N2S. The molecule has 0 unspecified atom stereocenters. The van der Waals surface area contributed by atoms with Crippen molar-refractivity contribution < 1.29 is 0 Å². The molecule has 1 saturated carbocycles. The lowest BCUT2D eigenvalue weighted by Gasteiger charge is -2.35. The first-order valence-corrected chi connectivity index (χ1v) is 8.31. The molecule has 1 fully saturated rings. The number of aryl methyl sites for hydroxylation is 2. The van der Waals surface area contributed by atoms with Gasteiger partial charge in [0.1, 0.15) is 5.01 Å². The highest BCUT2D eigenvalue weighted by Crippen LogP contribution is 2.42. The predicted octanol–water partition coefficient (Wildman–Crippen LogP) is 3.78. The molecule has 3 heteroatoms. The van der Waals surface area contributed by atoms with E-state index < -0.39 is 0 Å². The van der Waals surface area contributed by atoms with Gasteiger partial charge in [-0.2, -0.15) is 0 Å². The topological polar surface area (TPSA) is 38.9 Å². The molecule has 1 aromatic rings. The molecule has 0 aliphatic heterocycles. The summed E-state index contributed by atoms with van der Waals surface area (Å²) in [5.41, 5.74) is 7.91. The van der Waals surface area contributed by atoms with Gasteiger partial charge >= 0.3 is 0 Å². The van der Waals surface area contributed by atoms with E-state index in [4.69, 9.17) is 10.7 Å². The number of nitrogens with two attached hydrogens (primary N) is 1. The van der Waals surface area contributed by atoms with Gasteiger partial charge in [0.15, 0.2) is 0 Å². The summed E-state index contributed by atoms with van der Waals surface area (Å²) in [5, 5.41) is 1.24. The largest absolute Gasteiger partial charge is 0.319 e. The molecule has 2 aliphatic rings. The second-order valence-electron chi connectivity index (χ2n) is 6.13. The fourth-order valence-corrected chi connectivity index (χ4v) is 4.82. The number of thiazole rings is 1. The average Bonchev–Trinajstić information content (AvgIpc) is 2.93. The summed E-state index contributed by atoms with van der Waals surface area (Å²) in [6.45, 7) is 2.29. The van der Waals surface area contributed by atoms with Crippen molar-refractivity contribution in [2.24, 2.45) is 11.7 Å². The molecule has 3 rings (SSSR count). The van der Waals surface area contributed by atoms with E-state index in [0.29, 0.717) is 0 Å². The van der Waals surface area contributed by atoms with E-state index in [0.717, 1.165) is 18.8 Å². The second-order valence-corrected chi connectivity index (χ2v) is 7.21. The van der Waals surface area contributed by atoms with Gasteiger partial charge in [-0.25, -0.2) is 4.98 Å². The second kappa shape index (κ2) is 4.93. The third-order valence-corrected chi connectivity index (χ3v) is 6.09. The van der Waals surface area contributed by atoms with Gasteiger partial charge in [-0.1, -0.05) is 19.8 Å². The smallest absolute Gasteiger partial charge is 0.113 e. The Bertz CT molecular complexity index is 395. The van der Waals surface area contributed by atoms with Crippen molar-refractivity contribution in [1.82, 2.24) is 4.98 Å². The highest BCUT2D eigenvalue weighted by Gasteiger charge is 2.36. The summed E-state index contributed by atoms with van der Waals surface area (Å²) in [4.78, 5) is 6.37. The quantitative estimate of drug-likeness (QED) is 0.902. The summed E-state index contributed by atoms with van der Waals surface area (Å²) >= 11 is 1.91. The van der Waals surface area contributed by atoms with Crippen LogP contribution in [0.1, 0.15) is 67.4 Å². The fraction of sp³-hybridized carbons (Fsp3) is 0.800. The molecule has 0 saturated heterocycles. The number of hydrogen-bond donors (Lipinski definition) is 1. The van der Waals surface area contributed by atoms with Crippen molar-refractivity contribution in [3.8, 4) is 0 Å². The molecule has 1 heterocycles. The molecule has 100 valence electrons. The van der Waals surface area contributed by atoms with E-state index in [9.17, 15) is 0 Å². The SMILES string of the molecule is CCCC1CCC(N)(c2nc3c(s2)CCC3)CC1. The Morgan fingerprint density at radius 1 is 1.33 bits per heavy atom. The summed E-state index contributed by atoms with van der Waals surface area (Å²) in [7, 11) is 0. The molecule has 18 heavy (non-hydrogen) atoms. The number of aromatic nitrogens is 1. The van der Waals surface area contributed by atoms with E-state index in [1.54, 1.807) is 0 Å². The van der Waals surface area contributed by atoms with Crippen LogP contribution in [0.3, 0.4) is 0 Å². The molecule has 2 nitrogen and oxygen atoms in total. The minimum absolute atomic E-state index is 0.0980. The molecule has 0 radical (unpaired) electrons. The number of fused-ring (bicyclic) bond motifs is 1. The molecule has 0 aromatic carbocycles. The maximum absolute atomic E-state index is 6.65. The first kappa shape index (κ1) is 12.6. The van der Waals surface area contributed by atoms with Crippen LogP contribution in [-0.4, -0.2) is 4.98 Å². The normalized spacial score (nSPS) is 31.6. The Balaban J connectivity index is 1.71. The van der Waals surface area contributed by atoms with Crippen molar-refractivity contribution in [1.29, 1.82) is 0 Å². The van der Waals surface area contributed by atoms with E-state index >= 15 is 0 Å². The summed E-state index contributed by atoms with van der Waals surface area (Å²) in [5.74, 6) is 0.915. The number of hydrogen-bond acceptors (Lipinski definition) is 3. The Morgan fingerprint density at radius 2 is 2.11 bits per heavy atom. The van der Waals surface area contributed by atoms with E-state index in [1.807, 2.05) is 11.3 Å². The van der Waals surface area contributed by atoms with Gasteiger partial charge in [0, 0.05) is 4.88 Å². The Kier molecular flexibility index (Phi) is 3.46. The Labute approximate surface area is 114 Å². The fourth-order valence-electron chi connectivity index (χ4n) is 3.51. The van der Waals surface area contributed by atoms with Crippen LogP contribution in [0.25, 0.3) is 0 Å². The van der Waals surface area contributed by atoms with Crippen LogP contribution in [0.5, 0.6) is 0 Å². The summed E-state index contributed by atoms with van der Waals surface area (Å²) < 4.78 is 0. The van der Waals surface area contributed by atoms with Crippen molar-refractivity contribution in [3.05, 3.63) is 15.6 Å². The highest BCUT2D eigenvalue weighted by atomic mass is 32.1. The monoisotopic (exact) mass is 264 g/mol. The van der Waals surface area contributed by atoms with Crippen LogP contribution in [0.2, 0.25) is 0 Å². The molecule has 2 N–H and O–H groups in total. The lowest BCUT2D eigenvalue weighted by atomic mass is 9.76. The van der Waals surface area contributed by atoms with Gasteiger partial charge in [0.2, 0.25) is 0 Å². The first-order chi connectivity index (χ1) is 8.71. The van der Waals surface area contributed by atoms with Crippen LogP contribution in [0.15, 0.2) is 0 Å². The van der Waals surface area contributed by atoms with Crippen LogP contribution in [-0.2, 0) is 18.4 Å². The average molecular weight is 264 g/mol. The van der Waals surface area contributed by atoms with Gasteiger partial charge in [-0.15, -0.1) is 11.3 Å². The van der Waals surface area contributed by atoms with E-state index in [2.05, 4.69) is 6.92 Å². The highest BCUT2D eigenvalue weighted by molar-refractivity contribution is 7.12. The van der Waals surface area contributed by atoms with Crippen molar-refractivity contribution in [3.63, 3.8) is 0 Å². The lowest BCUT2D eigenvalue weighted by Crippen LogP contribution is -2.40. The van der Waals surface area contributed by atoms with Crippen LogP contribution in [0, 0.1) is 5.92 Å². The van der Waals surface area contributed by atoms with Gasteiger partial charge in [-0.05, 0) is 50.9 Å². The maximum Gasteiger partial charge on any atom is 0.113 e. The molecule has 2 aliphatic carbocycles. The summed E-state index contributed by atoms with van der Waals surface area (Å²) in [6.07, 6.45) is 11.3. The third kappa shape index (κ3) is 2.23. The zero-order chi connectivity index (χ0) is 12.6. The van der Waals surface area contributed by atoms with Crippen LogP contribution in [0.4, 0.5) is 0 Å². The van der Waals surface area contributed by atoms with E-state index in [1.165, 1.54) is 60.5 Å². The predicted molar refractivity (Wildman–Crippen MR) is 76.9 cm³/mol. The molecule has 0 bridgehead atoms. The molecule has 0 atom stereocenters. The van der Waals surface area contributed by atoms with Gasteiger partial charge in [0.25, 0.3) is 0 Å². The zero-order valence-corrected chi connectivity index (χ0v) is 12.2. The molecular weight excluding hydrogens is 240 g/mol. The first-order valence-electron chi connectivity index (χ1n) is 7.49. The van der Waals surface area contributed by atoms with Gasteiger partial charge in [-0.3, -0.25) is 0 Å². The third-order valence-electron chi connectivity index (χ3n) is 4.72. The molecule has 1 aromatic heterocycles. The Morgan fingerprint density at radius 3 is 2.78 bits per heavy atom. The number of rotatable bonds is 3. The van der Waals surface area contributed by atoms with E-state index in [-0.39, 0.29) is 5.54 Å². The van der Waals surface area contributed by atoms with Gasteiger partial charge in [0.05, 0.1) is 11.2 Å². The van der Waals surface area contributed by atoms with Gasteiger partial charge < -0.3 is 5.73 Å². The van der Waals surface area contributed by atoms with Crippen molar-refractivity contribution in [2.45, 2.75) is 70.3 Å². The van der Waals surface area contributed by atoms with Crippen molar-refractivity contribution in [2.75, 3.05) is 0 Å². The maximum atomic E-state index is 6.65. The lowest BCUT2D eigenvalue weighted by molar-refractivity contribution is 0.225. The molecule has 0 spiro atoms. The Hall–Kier alpha value is -0.410. The van der Waals surface area contributed by atoms with Crippen LogP contribution >= 0.6 is 11.3 Å². The van der Waals surface area contributed by atoms with Crippen molar-refractivity contribution >= 4 is 11.3 Å². The number of nitrogens with zero attached hydrogens (tertiary/aromatic N) is 1. The zero-order valence-electron chi connectivity index (χ0n) is 11.4. The van der Waals surface area contributed by atoms with Crippen LogP contribution < -0.4 is 5.73 Å². The minimum atomic E-state index is -0.0980.